The smallest absolute Gasteiger partial charge is 0.181 e. The second-order valence-corrected chi connectivity index (χ2v) is 7.23. The molecule has 1 aliphatic heterocycles. The molecule has 0 spiro atoms. The van der Waals surface area contributed by atoms with Crippen molar-refractivity contribution >= 4 is 40.7 Å². The van der Waals surface area contributed by atoms with Crippen molar-refractivity contribution in [3.05, 3.63) is 33.8 Å². The fourth-order valence-corrected chi connectivity index (χ4v) is 3.82. The Bertz CT molecular complexity index is 481. The first-order chi connectivity index (χ1) is 8.99. The van der Waals surface area contributed by atoms with E-state index in [0.717, 1.165) is 18.8 Å². The summed E-state index contributed by atoms with van der Waals surface area (Å²) in [5.74, 6) is 1.15. The topological polar surface area (TPSA) is 20.3 Å². The third kappa shape index (κ3) is 3.66. The molecule has 1 saturated heterocycles. The molecule has 19 heavy (non-hydrogen) atoms. The van der Waals surface area contributed by atoms with Gasteiger partial charge in [-0.2, -0.15) is 11.8 Å². The Labute approximate surface area is 128 Å². The van der Waals surface area contributed by atoms with Crippen LogP contribution in [0.3, 0.4) is 0 Å². The summed E-state index contributed by atoms with van der Waals surface area (Å²) < 4.78 is 0. The molecule has 1 aromatic rings. The number of carbonyl (C=O) groups is 1. The van der Waals surface area contributed by atoms with E-state index in [2.05, 4.69) is 11.8 Å². The van der Waals surface area contributed by atoms with Crippen molar-refractivity contribution in [2.75, 3.05) is 18.8 Å². The zero-order chi connectivity index (χ0) is 14.0. The molecule has 5 heteroatoms. The van der Waals surface area contributed by atoms with Crippen LogP contribution < -0.4 is 0 Å². The van der Waals surface area contributed by atoms with Crippen LogP contribution in [0.2, 0.25) is 10.0 Å². The van der Waals surface area contributed by atoms with Crippen molar-refractivity contribution in [3.63, 3.8) is 0 Å². The minimum atomic E-state index is -0.137. The van der Waals surface area contributed by atoms with Gasteiger partial charge < -0.3 is 0 Å². The number of ketones is 1. The van der Waals surface area contributed by atoms with Gasteiger partial charge in [0.15, 0.2) is 5.78 Å². The Kier molecular flexibility index (Phi) is 5.18. The Balaban J connectivity index is 2.14. The molecule has 2 unspecified atom stereocenters. The first kappa shape index (κ1) is 15.2. The summed E-state index contributed by atoms with van der Waals surface area (Å²) in [6.45, 7) is 6.05. The van der Waals surface area contributed by atoms with E-state index >= 15 is 0 Å². The minimum Gasteiger partial charge on any atom is -0.292 e. The van der Waals surface area contributed by atoms with Gasteiger partial charge in [0.05, 0.1) is 11.1 Å². The largest absolute Gasteiger partial charge is 0.292 e. The molecule has 2 atom stereocenters. The number of nitrogens with zero attached hydrogens (tertiary/aromatic N) is 1. The Morgan fingerprint density at radius 2 is 2.21 bits per heavy atom. The Morgan fingerprint density at radius 1 is 1.47 bits per heavy atom. The van der Waals surface area contributed by atoms with Crippen LogP contribution in [-0.4, -0.2) is 40.8 Å². The average molecular weight is 318 g/mol. The molecule has 1 aromatic carbocycles. The number of Topliss-reactive ketones (excluding diaryl/α,β-unsaturated/α-hetero) is 1. The number of halogens is 2. The number of thioether (sulfide) groups is 1. The van der Waals surface area contributed by atoms with E-state index in [9.17, 15) is 4.79 Å². The van der Waals surface area contributed by atoms with E-state index in [4.69, 9.17) is 23.2 Å². The summed E-state index contributed by atoms with van der Waals surface area (Å²) in [5.41, 5.74) is 0.560. The lowest BCUT2D eigenvalue weighted by Gasteiger charge is -2.34. The number of benzene rings is 1. The quantitative estimate of drug-likeness (QED) is 0.786. The lowest BCUT2D eigenvalue weighted by Crippen LogP contribution is -2.46. The van der Waals surface area contributed by atoms with E-state index in [1.807, 2.05) is 18.7 Å². The molecular weight excluding hydrogens is 301 g/mol. The van der Waals surface area contributed by atoms with Crippen molar-refractivity contribution in [3.8, 4) is 0 Å². The highest BCUT2D eigenvalue weighted by Gasteiger charge is 2.27. The number of rotatable bonds is 3. The highest BCUT2D eigenvalue weighted by Crippen LogP contribution is 2.25. The van der Waals surface area contributed by atoms with Gasteiger partial charge in [-0.05, 0) is 25.1 Å². The highest BCUT2D eigenvalue weighted by atomic mass is 35.5. The first-order valence-corrected chi connectivity index (χ1v) is 8.14. The van der Waals surface area contributed by atoms with Crippen molar-refractivity contribution < 1.29 is 4.79 Å². The fourth-order valence-electron chi connectivity index (χ4n) is 2.28. The molecule has 0 N–H and O–H groups in total. The van der Waals surface area contributed by atoms with Gasteiger partial charge in [0.2, 0.25) is 0 Å². The number of hydrogen-bond donors (Lipinski definition) is 0. The summed E-state index contributed by atoms with van der Waals surface area (Å²) in [6.07, 6.45) is 0. The van der Waals surface area contributed by atoms with Crippen LogP contribution in [0.4, 0.5) is 0 Å². The molecule has 2 nitrogen and oxygen atoms in total. The van der Waals surface area contributed by atoms with E-state index in [1.54, 1.807) is 18.2 Å². The summed E-state index contributed by atoms with van der Waals surface area (Å²) in [7, 11) is 0. The Morgan fingerprint density at radius 3 is 2.84 bits per heavy atom. The maximum Gasteiger partial charge on any atom is 0.181 e. The zero-order valence-electron chi connectivity index (χ0n) is 11.0. The van der Waals surface area contributed by atoms with Crippen molar-refractivity contribution in [1.29, 1.82) is 0 Å². The Hall–Kier alpha value is -0.220. The monoisotopic (exact) mass is 317 g/mol. The molecule has 104 valence electrons. The zero-order valence-corrected chi connectivity index (χ0v) is 13.4. The van der Waals surface area contributed by atoms with E-state index in [1.165, 1.54) is 0 Å². The van der Waals surface area contributed by atoms with E-state index in [0.29, 0.717) is 20.9 Å². The minimum absolute atomic E-state index is 0.0702. The molecule has 1 aliphatic rings. The van der Waals surface area contributed by atoms with Gasteiger partial charge in [0.1, 0.15) is 0 Å². The maximum atomic E-state index is 12.5. The average Bonchev–Trinajstić information content (AvgIpc) is 2.37. The summed E-state index contributed by atoms with van der Waals surface area (Å²) in [4.78, 5) is 14.7. The molecule has 1 fully saturated rings. The van der Waals surface area contributed by atoms with Crippen LogP contribution in [0.5, 0.6) is 0 Å². The molecule has 2 rings (SSSR count). The summed E-state index contributed by atoms with van der Waals surface area (Å²) in [6, 6.07) is 4.91. The van der Waals surface area contributed by atoms with Gasteiger partial charge >= 0.3 is 0 Å². The number of carbonyl (C=O) groups excluding carboxylic acids is 1. The van der Waals surface area contributed by atoms with E-state index in [-0.39, 0.29) is 11.8 Å². The normalized spacial score (nSPS) is 22.2. The molecule has 0 amide bonds. The molecule has 0 aliphatic carbocycles. The molecule has 1 heterocycles. The lowest BCUT2D eigenvalue weighted by atomic mass is 10.0. The number of hydrogen-bond acceptors (Lipinski definition) is 3. The predicted octanol–water partition coefficient (Wildman–Crippen LogP) is 4.00. The van der Waals surface area contributed by atoms with Crippen LogP contribution >= 0.6 is 35.0 Å². The SMILES string of the molecule is CC1CN(C(C)C(=O)c2ccc(Cl)cc2Cl)CCS1. The standard InChI is InChI=1S/C14H17Cl2NOS/c1-9-8-17(5-6-19-9)10(2)14(18)12-4-3-11(15)7-13(12)16/h3-4,7,9-10H,5-6,8H2,1-2H3. The van der Waals surface area contributed by atoms with Gasteiger partial charge in [-0.1, -0.05) is 30.1 Å². The summed E-state index contributed by atoms with van der Waals surface area (Å²) in [5, 5.41) is 1.56. The van der Waals surface area contributed by atoms with Gasteiger partial charge in [0.25, 0.3) is 0 Å². The molecule has 0 aromatic heterocycles. The lowest BCUT2D eigenvalue weighted by molar-refractivity contribution is 0.0844. The third-order valence-corrected chi connectivity index (χ3v) is 5.08. The maximum absolute atomic E-state index is 12.5. The molecule has 0 radical (unpaired) electrons. The van der Waals surface area contributed by atoms with E-state index < -0.39 is 0 Å². The first-order valence-electron chi connectivity index (χ1n) is 6.34. The van der Waals surface area contributed by atoms with Gasteiger partial charge in [-0.3, -0.25) is 9.69 Å². The van der Waals surface area contributed by atoms with Crippen molar-refractivity contribution in [1.82, 2.24) is 4.90 Å². The van der Waals surface area contributed by atoms with Crippen molar-refractivity contribution in [2.24, 2.45) is 0 Å². The molecular formula is C14H17Cl2NOS. The van der Waals surface area contributed by atoms with Crippen LogP contribution in [-0.2, 0) is 0 Å². The second kappa shape index (κ2) is 6.49. The van der Waals surface area contributed by atoms with Gasteiger partial charge in [0, 0.05) is 34.7 Å². The van der Waals surface area contributed by atoms with Crippen LogP contribution in [0.15, 0.2) is 18.2 Å². The van der Waals surface area contributed by atoms with Crippen LogP contribution in [0, 0.1) is 0 Å². The third-order valence-electron chi connectivity index (χ3n) is 3.40. The van der Waals surface area contributed by atoms with Gasteiger partial charge in [-0.25, -0.2) is 0 Å². The van der Waals surface area contributed by atoms with Crippen molar-refractivity contribution in [2.45, 2.75) is 25.1 Å². The summed E-state index contributed by atoms with van der Waals surface area (Å²) >= 11 is 13.9. The van der Waals surface area contributed by atoms with Crippen LogP contribution in [0.1, 0.15) is 24.2 Å². The predicted molar refractivity (Wildman–Crippen MR) is 83.7 cm³/mol. The molecule has 0 saturated carbocycles. The fraction of sp³-hybridized carbons (Fsp3) is 0.500. The van der Waals surface area contributed by atoms with Crippen LogP contribution in [0.25, 0.3) is 0 Å². The van der Waals surface area contributed by atoms with Gasteiger partial charge in [-0.15, -0.1) is 0 Å². The second-order valence-electron chi connectivity index (χ2n) is 4.84. The molecule has 0 bridgehead atoms. The highest BCUT2D eigenvalue weighted by molar-refractivity contribution is 7.99.